The normalized spacial score (nSPS) is 13.6. The summed E-state index contributed by atoms with van der Waals surface area (Å²) in [6.45, 7) is 1.46. The van der Waals surface area contributed by atoms with Crippen LogP contribution in [0.25, 0.3) is 10.9 Å². The van der Waals surface area contributed by atoms with Crippen molar-refractivity contribution in [1.82, 2.24) is 24.7 Å². The number of carbonyl (C=O) groups is 1. The van der Waals surface area contributed by atoms with Gasteiger partial charge in [0.25, 0.3) is 0 Å². The zero-order valence-electron chi connectivity index (χ0n) is 19.3. The van der Waals surface area contributed by atoms with Crippen LogP contribution in [0, 0.1) is 0 Å². The Hall–Kier alpha value is -4.21. The van der Waals surface area contributed by atoms with Gasteiger partial charge in [-0.1, -0.05) is 6.07 Å². The predicted molar refractivity (Wildman–Crippen MR) is 129 cm³/mol. The molecule has 0 saturated heterocycles. The molecule has 0 saturated carbocycles. The fraction of sp³-hybridized carbons (Fsp3) is 0.320. The average molecular weight is 475 g/mol. The van der Waals surface area contributed by atoms with Crippen molar-refractivity contribution < 1.29 is 19.4 Å². The molecule has 3 aromatic heterocycles. The van der Waals surface area contributed by atoms with E-state index in [4.69, 9.17) is 14.5 Å². The molecule has 2 N–H and O–H groups in total. The Balaban J connectivity index is 1.30. The molecule has 1 unspecified atom stereocenters. The molecule has 0 radical (unpaired) electrons. The molecule has 1 atom stereocenters. The van der Waals surface area contributed by atoms with Gasteiger partial charge in [0.1, 0.15) is 17.6 Å². The van der Waals surface area contributed by atoms with Gasteiger partial charge in [-0.25, -0.2) is 9.97 Å². The smallest absolute Gasteiger partial charge is 0.305 e. The lowest BCUT2D eigenvalue weighted by Crippen LogP contribution is -2.17. The van der Waals surface area contributed by atoms with E-state index in [-0.39, 0.29) is 6.42 Å². The molecule has 4 aromatic rings. The van der Waals surface area contributed by atoms with Gasteiger partial charge in [-0.05, 0) is 42.7 Å². The van der Waals surface area contributed by atoms with Crippen LogP contribution < -0.4 is 14.8 Å². The van der Waals surface area contributed by atoms with E-state index in [0.29, 0.717) is 30.4 Å². The van der Waals surface area contributed by atoms with Crippen LogP contribution in [-0.4, -0.2) is 56.1 Å². The van der Waals surface area contributed by atoms with Gasteiger partial charge >= 0.3 is 5.97 Å². The van der Waals surface area contributed by atoms with E-state index in [2.05, 4.69) is 32.5 Å². The zero-order chi connectivity index (χ0) is 24.2. The van der Waals surface area contributed by atoms with Crippen molar-refractivity contribution in [3.8, 4) is 11.6 Å². The molecule has 0 bridgehead atoms. The number of fused-ring (bicyclic) bond motifs is 2. The number of aromatic nitrogens is 5. The maximum atomic E-state index is 11.6. The largest absolute Gasteiger partial charge is 0.493 e. The molecule has 0 spiro atoms. The van der Waals surface area contributed by atoms with E-state index in [9.17, 15) is 9.90 Å². The number of hydrogen-bond donors (Lipinski definition) is 2. The van der Waals surface area contributed by atoms with Crippen molar-refractivity contribution in [2.75, 3.05) is 25.6 Å². The Labute approximate surface area is 202 Å². The van der Waals surface area contributed by atoms with Crippen molar-refractivity contribution in [2.45, 2.75) is 31.7 Å². The second-order valence-corrected chi connectivity index (χ2v) is 8.35. The van der Waals surface area contributed by atoms with Gasteiger partial charge in [0, 0.05) is 24.0 Å². The van der Waals surface area contributed by atoms with E-state index in [1.54, 1.807) is 10.9 Å². The summed E-state index contributed by atoms with van der Waals surface area (Å²) in [6.07, 6.45) is 7.41. The molecule has 1 aliphatic rings. The molecule has 10 nitrogen and oxygen atoms in total. The minimum atomic E-state index is -0.956. The number of nitrogens with one attached hydrogen (secondary N) is 1. The fourth-order valence-electron chi connectivity index (χ4n) is 4.24. The average Bonchev–Trinajstić information content (AvgIpc) is 3.30. The zero-order valence-corrected chi connectivity index (χ0v) is 19.3. The number of rotatable bonds is 9. The lowest BCUT2D eigenvalue weighted by molar-refractivity contribution is -0.137. The van der Waals surface area contributed by atoms with Crippen LogP contribution in [0.2, 0.25) is 0 Å². The molecule has 10 heteroatoms. The molecule has 1 aromatic carbocycles. The van der Waals surface area contributed by atoms with Gasteiger partial charge in [-0.15, -0.1) is 0 Å². The SMILES string of the molecule is COc1cnc(C(CC(=O)O)n2ncc3cc(OCCc4ccc5c(n4)NCCC5)ccc32)cn1. The molecule has 1 aliphatic heterocycles. The van der Waals surface area contributed by atoms with Crippen LogP contribution >= 0.6 is 0 Å². The van der Waals surface area contributed by atoms with E-state index >= 15 is 0 Å². The molecule has 4 heterocycles. The van der Waals surface area contributed by atoms with Crippen LogP contribution in [0.1, 0.15) is 35.8 Å². The lowest BCUT2D eigenvalue weighted by atomic mass is 10.1. The highest BCUT2D eigenvalue weighted by molar-refractivity contribution is 5.80. The van der Waals surface area contributed by atoms with E-state index in [0.717, 1.165) is 41.8 Å². The highest BCUT2D eigenvalue weighted by atomic mass is 16.5. The highest BCUT2D eigenvalue weighted by Gasteiger charge is 2.22. The maximum Gasteiger partial charge on any atom is 0.305 e. The van der Waals surface area contributed by atoms with Crippen molar-refractivity contribution >= 4 is 22.7 Å². The summed E-state index contributed by atoms with van der Waals surface area (Å²) in [5.74, 6) is 1.10. The standard InChI is InChI=1S/C25H26N6O4/c1-34-23-15-27-20(14-28-23)22(12-24(32)33)31-21-7-6-19(11-17(21)13-29-31)35-10-8-18-5-4-16-3-2-9-26-25(16)30-18/h4-7,11,13-15,22H,2-3,8-10,12H2,1H3,(H,26,30)(H,32,33). The minimum absolute atomic E-state index is 0.182. The number of nitrogens with zero attached hydrogens (tertiary/aromatic N) is 5. The van der Waals surface area contributed by atoms with Gasteiger partial charge in [0.15, 0.2) is 0 Å². The van der Waals surface area contributed by atoms with Crippen molar-refractivity contribution in [3.05, 3.63) is 65.9 Å². The van der Waals surface area contributed by atoms with Gasteiger partial charge in [-0.2, -0.15) is 5.10 Å². The van der Waals surface area contributed by atoms with Gasteiger partial charge in [0.2, 0.25) is 5.88 Å². The second kappa shape index (κ2) is 9.96. The lowest BCUT2D eigenvalue weighted by Gasteiger charge is -2.17. The van der Waals surface area contributed by atoms with Crippen molar-refractivity contribution in [3.63, 3.8) is 0 Å². The molecule has 0 fully saturated rings. The van der Waals surface area contributed by atoms with E-state index < -0.39 is 12.0 Å². The molecular formula is C25H26N6O4. The van der Waals surface area contributed by atoms with Gasteiger partial charge in [0.05, 0.1) is 49.9 Å². The van der Waals surface area contributed by atoms with E-state index in [1.165, 1.54) is 25.1 Å². The first-order valence-corrected chi connectivity index (χ1v) is 11.5. The number of anilines is 1. The summed E-state index contributed by atoms with van der Waals surface area (Å²) in [4.78, 5) is 24.8. The summed E-state index contributed by atoms with van der Waals surface area (Å²) in [5.41, 5.74) is 3.53. The first kappa shape index (κ1) is 22.6. The van der Waals surface area contributed by atoms with Crippen molar-refractivity contribution in [1.29, 1.82) is 0 Å². The summed E-state index contributed by atoms with van der Waals surface area (Å²) in [5, 5.41) is 18.1. The molecule has 180 valence electrons. The highest BCUT2D eigenvalue weighted by Crippen LogP contribution is 2.28. The number of ether oxygens (including phenoxy) is 2. The fourth-order valence-corrected chi connectivity index (χ4v) is 4.24. The van der Waals surface area contributed by atoms with Crippen LogP contribution in [0.15, 0.2) is 48.9 Å². The topological polar surface area (TPSA) is 124 Å². The molecular weight excluding hydrogens is 448 g/mol. The second-order valence-electron chi connectivity index (χ2n) is 8.35. The summed E-state index contributed by atoms with van der Waals surface area (Å²) >= 11 is 0. The van der Waals surface area contributed by atoms with Gasteiger partial charge < -0.3 is 19.9 Å². The molecule has 5 rings (SSSR count). The third-order valence-electron chi connectivity index (χ3n) is 6.01. The number of carboxylic acid groups (broad SMARTS) is 1. The number of carboxylic acids is 1. The number of methoxy groups -OCH3 is 1. The first-order valence-electron chi connectivity index (χ1n) is 11.5. The molecule has 0 aliphatic carbocycles. The first-order chi connectivity index (χ1) is 17.1. The third-order valence-corrected chi connectivity index (χ3v) is 6.01. The number of pyridine rings is 1. The van der Waals surface area contributed by atoms with Crippen LogP contribution in [0.3, 0.4) is 0 Å². The molecule has 0 amide bonds. The number of hydrogen-bond acceptors (Lipinski definition) is 8. The third kappa shape index (κ3) is 5.01. The Morgan fingerprint density at radius 1 is 1.20 bits per heavy atom. The monoisotopic (exact) mass is 474 g/mol. The Bertz CT molecular complexity index is 1340. The summed E-state index contributed by atoms with van der Waals surface area (Å²) < 4.78 is 12.7. The Morgan fingerprint density at radius 2 is 2.11 bits per heavy atom. The van der Waals surface area contributed by atoms with Crippen LogP contribution in [0.5, 0.6) is 11.6 Å². The predicted octanol–water partition coefficient (Wildman–Crippen LogP) is 3.27. The van der Waals surface area contributed by atoms with Crippen LogP contribution in [0.4, 0.5) is 5.82 Å². The minimum Gasteiger partial charge on any atom is -0.493 e. The van der Waals surface area contributed by atoms with Gasteiger partial charge in [-0.3, -0.25) is 14.5 Å². The Morgan fingerprint density at radius 3 is 2.91 bits per heavy atom. The summed E-state index contributed by atoms with van der Waals surface area (Å²) in [6, 6.07) is 9.24. The summed E-state index contributed by atoms with van der Waals surface area (Å²) in [7, 11) is 1.50. The Kier molecular flexibility index (Phi) is 6.42. The maximum absolute atomic E-state index is 11.6. The number of aryl methyl sites for hydroxylation is 1. The van der Waals surface area contributed by atoms with E-state index in [1.807, 2.05) is 18.2 Å². The molecule has 35 heavy (non-hydrogen) atoms. The number of aliphatic carboxylic acids is 1. The number of benzene rings is 1. The quantitative estimate of drug-likeness (QED) is 0.376. The van der Waals surface area contributed by atoms with Crippen molar-refractivity contribution in [2.24, 2.45) is 0 Å². The van der Waals surface area contributed by atoms with Crippen LogP contribution in [-0.2, 0) is 17.6 Å².